The van der Waals surface area contributed by atoms with Crippen molar-refractivity contribution in [2.24, 2.45) is 0 Å². The highest BCUT2D eigenvalue weighted by molar-refractivity contribution is 6.33. The maximum absolute atomic E-state index is 13.0. The lowest BCUT2D eigenvalue weighted by molar-refractivity contribution is 0.0951. The van der Waals surface area contributed by atoms with Gasteiger partial charge in [-0.2, -0.15) is 0 Å². The summed E-state index contributed by atoms with van der Waals surface area (Å²) in [4.78, 5) is 11.9. The molecule has 104 valence electrons. The lowest BCUT2D eigenvalue weighted by atomic mass is 10.1. The summed E-state index contributed by atoms with van der Waals surface area (Å²) in [6, 6.07) is 7.93. The number of rotatable bonds is 3. The number of amides is 1. The molecule has 0 fully saturated rings. The zero-order valence-corrected chi connectivity index (χ0v) is 11.0. The number of hydrogen-bond acceptors (Lipinski definition) is 2. The van der Waals surface area contributed by atoms with Crippen molar-refractivity contribution in [2.75, 3.05) is 5.73 Å². The molecule has 0 aliphatic heterocycles. The Balaban J connectivity index is 2.04. The van der Waals surface area contributed by atoms with E-state index in [0.717, 1.165) is 12.1 Å². The highest BCUT2D eigenvalue weighted by Crippen LogP contribution is 2.19. The molecule has 6 heteroatoms. The Morgan fingerprint density at radius 1 is 1.15 bits per heavy atom. The standard InChI is InChI=1S/C14H11ClF2N2O/c15-10-3-2-9(6-13(10)18)14(20)19-7-8-1-4-11(16)12(17)5-8/h1-6H,7,18H2,(H,19,20). The monoisotopic (exact) mass is 296 g/mol. The Bertz CT molecular complexity index is 662. The fraction of sp³-hybridized carbons (Fsp3) is 0.0714. The summed E-state index contributed by atoms with van der Waals surface area (Å²) >= 11 is 5.76. The van der Waals surface area contributed by atoms with Crippen LogP contribution in [0.25, 0.3) is 0 Å². The fourth-order valence-electron chi connectivity index (χ4n) is 1.62. The molecule has 0 aromatic heterocycles. The Labute approximate surface area is 119 Å². The van der Waals surface area contributed by atoms with Gasteiger partial charge in [0.25, 0.3) is 5.91 Å². The SMILES string of the molecule is Nc1cc(C(=O)NCc2ccc(F)c(F)c2)ccc1Cl. The molecule has 2 aromatic carbocycles. The van der Waals surface area contributed by atoms with Crippen molar-refractivity contribution in [1.29, 1.82) is 0 Å². The van der Waals surface area contributed by atoms with Crippen LogP contribution in [-0.2, 0) is 6.54 Å². The molecule has 0 bridgehead atoms. The van der Waals surface area contributed by atoms with E-state index in [9.17, 15) is 13.6 Å². The predicted molar refractivity (Wildman–Crippen MR) is 73.4 cm³/mol. The first-order chi connectivity index (χ1) is 9.47. The molecule has 3 nitrogen and oxygen atoms in total. The lowest BCUT2D eigenvalue weighted by Crippen LogP contribution is -2.23. The van der Waals surface area contributed by atoms with Crippen molar-refractivity contribution in [2.45, 2.75) is 6.54 Å². The van der Waals surface area contributed by atoms with Gasteiger partial charge in [0.2, 0.25) is 0 Å². The predicted octanol–water partition coefficient (Wildman–Crippen LogP) is 3.13. The molecular weight excluding hydrogens is 286 g/mol. The molecule has 0 saturated carbocycles. The molecule has 2 aromatic rings. The minimum Gasteiger partial charge on any atom is -0.398 e. The molecular formula is C14H11ClF2N2O. The molecule has 0 saturated heterocycles. The summed E-state index contributed by atoms with van der Waals surface area (Å²) in [6.07, 6.45) is 0. The van der Waals surface area contributed by atoms with Gasteiger partial charge in [-0.15, -0.1) is 0 Å². The van der Waals surface area contributed by atoms with Gasteiger partial charge in [-0.1, -0.05) is 17.7 Å². The van der Waals surface area contributed by atoms with Crippen LogP contribution in [0, 0.1) is 11.6 Å². The first-order valence-corrected chi connectivity index (χ1v) is 6.12. The average Bonchev–Trinajstić information content (AvgIpc) is 2.43. The van der Waals surface area contributed by atoms with Gasteiger partial charge in [-0.3, -0.25) is 4.79 Å². The Kier molecular flexibility index (Phi) is 4.20. The van der Waals surface area contributed by atoms with Crippen molar-refractivity contribution in [1.82, 2.24) is 5.32 Å². The zero-order valence-electron chi connectivity index (χ0n) is 10.3. The number of nitrogen functional groups attached to an aromatic ring is 1. The van der Waals surface area contributed by atoms with Crippen LogP contribution in [0.1, 0.15) is 15.9 Å². The summed E-state index contributed by atoms with van der Waals surface area (Å²) in [5.74, 6) is -2.25. The molecule has 1 amide bonds. The molecule has 0 unspecified atom stereocenters. The number of carbonyl (C=O) groups is 1. The molecule has 0 aliphatic rings. The van der Waals surface area contributed by atoms with E-state index >= 15 is 0 Å². The van der Waals surface area contributed by atoms with Crippen molar-refractivity contribution in [3.05, 3.63) is 64.2 Å². The zero-order chi connectivity index (χ0) is 14.7. The Hall–Kier alpha value is -2.14. The van der Waals surface area contributed by atoms with Crippen molar-refractivity contribution in [3.8, 4) is 0 Å². The Morgan fingerprint density at radius 3 is 2.55 bits per heavy atom. The van der Waals surface area contributed by atoms with Crippen LogP contribution in [-0.4, -0.2) is 5.91 Å². The number of halogens is 3. The summed E-state index contributed by atoms with van der Waals surface area (Å²) < 4.78 is 25.8. The van der Waals surface area contributed by atoms with E-state index in [1.54, 1.807) is 0 Å². The fourth-order valence-corrected chi connectivity index (χ4v) is 1.74. The van der Waals surface area contributed by atoms with Gasteiger partial charge in [0.15, 0.2) is 11.6 Å². The average molecular weight is 297 g/mol. The summed E-state index contributed by atoms with van der Waals surface area (Å²) in [5, 5.41) is 2.95. The topological polar surface area (TPSA) is 55.1 Å². The molecule has 0 spiro atoms. The second-order valence-electron chi connectivity index (χ2n) is 4.17. The van der Waals surface area contributed by atoms with Crippen molar-refractivity contribution in [3.63, 3.8) is 0 Å². The minimum atomic E-state index is -0.951. The lowest BCUT2D eigenvalue weighted by Gasteiger charge is -2.07. The van der Waals surface area contributed by atoms with Crippen LogP contribution in [0.15, 0.2) is 36.4 Å². The molecule has 0 atom stereocenters. The highest BCUT2D eigenvalue weighted by Gasteiger charge is 2.08. The largest absolute Gasteiger partial charge is 0.398 e. The van der Waals surface area contributed by atoms with E-state index < -0.39 is 11.6 Å². The number of anilines is 1. The molecule has 0 heterocycles. The van der Waals surface area contributed by atoms with Crippen LogP contribution < -0.4 is 11.1 Å². The molecule has 2 rings (SSSR count). The van der Waals surface area contributed by atoms with E-state index in [1.165, 1.54) is 24.3 Å². The maximum atomic E-state index is 13.0. The first-order valence-electron chi connectivity index (χ1n) is 5.74. The summed E-state index contributed by atoms with van der Waals surface area (Å²) in [7, 11) is 0. The Morgan fingerprint density at radius 2 is 1.90 bits per heavy atom. The van der Waals surface area contributed by atoms with Crippen LogP contribution in [0.5, 0.6) is 0 Å². The van der Waals surface area contributed by atoms with Gasteiger partial charge < -0.3 is 11.1 Å². The van der Waals surface area contributed by atoms with Gasteiger partial charge in [-0.25, -0.2) is 8.78 Å². The summed E-state index contributed by atoms with van der Waals surface area (Å²) in [6.45, 7) is 0.0819. The molecule has 3 N–H and O–H groups in total. The first kappa shape index (κ1) is 14.3. The van der Waals surface area contributed by atoms with Crippen molar-refractivity contribution >= 4 is 23.2 Å². The second kappa shape index (κ2) is 5.88. The van der Waals surface area contributed by atoms with Crippen LogP contribution in [0.3, 0.4) is 0 Å². The third kappa shape index (κ3) is 3.24. The number of hydrogen-bond donors (Lipinski definition) is 2. The maximum Gasteiger partial charge on any atom is 0.251 e. The van der Waals surface area contributed by atoms with Crippen LogP contribution in [0.2, 0.25) is 5.02 Å². The number of benzene rings is 2. The third-order valence-electron chi connectivity index (χ3n) is 2.70. The number of carbonyl (C=O) groups excluding carboxylic acids is 1. The van der Waals surface area contributed by atoms with Gasteiger partial charge in [0.1, 0.15) is 0 Å². The van der Waals surface area contributed by atoms with Crippen LogP contribution >= 0.6 is 11.6 Å². The minimum absolute atomic E-state index is 0.0819. The quantitative estimate of drug-likeness (QED) is 0.855. The number of nitrogens with two attached hydrogens (primary N) is 1. The highest BCUT2D eigenvalue weighted by atomic mass is 35.5. The normalized spacial score (nSPS) is 10.3. The van der Waals surface area contributed by atoms with E-state index in [1.807, 2.05) is 0 Å². The van der Waals surface area contributed by atoms with E-state index in [-0.39, 0.29) is 12.5 Å². The smallest absolute Gasteiger partial charge is 0.251 e. The molecule has 0 radical (unpaired) electrons. The molecule has 20 heavy (non-hydrogen) atoms. The van der Waals surface area contributed by atoms with Crippen molar-refractivity contribution < 1.29 is 13.6 Å². The van der Waals surface area contributed by atoms with Crippen LogP contribution in [0.4, 0.5) is 14.5 Å². The van der Waals surface area contributed by atoms with E-state index in [4.69, 9.17) is 17.3 Å². The van der Waals surface area contributed by atoms with Gasteiger partial charge in [0.05, 0.1) is 10.7 Å². The van der Waals surface area contributed by atoms with E-state index in [2.05, 4.69) is 5.32 Å². The van der Waals surface area contributed by atoms with Gasteiger partial charge >= 0.3 is 0 Å². The summed E-state index contributed by atoms with van der Waals surface area (Å²) in [5.41, 5.74) is 6.70. The van der Waals surface area contributed by atoms with Gasteiger partial charge in [-0.05, 0) is 35.9 Å². The third-order valence-corrected chi connectivity index (χ3v) is 3.04. The molecule has 0 aliphatic carbocycles. The second-order valence-corrected chi connectivity index (χ2v) is 4.57. The number of nitrogens with one attached hydrogen (secondary N) is 1. The van der Waals surface area contributed by atoms with E-state index in [0.29, 0.717) is 21.8 Å². The van der Waals surface area contributed by atoms with Gasteiger partial charge in [0, 0.05) is 12.1 Å².